The molecule has 2 aromatic rings. The van der Waals surface area contributed by atoms with Crippen LogP contribution in [0.5, 0.6) is 0 Å². The summed E-state index contributed by atoms with van der Waals surface area (Å²) in [6.45, 7) is 10.4. The molecule has 6 nitrogen and oxygen atoms in total. The highest BCUT2D eigenvalue weighted by Crippen LogP contribution is 2.16. The van der Waals surface area contributed by atoms with E-state index in [1.165, 1.54) is 11.3 Å². The lowest BCUT2D eigenvalue weighted by Crippen LogP contribution is -2.39. The summed E-state index contributed by atoms with van der Waals surface area (Å²) in [5.41, 5.74) is 1.14. The number of carbonyl (C=O) groups is 2. The monoisotopic (exact) mass is 388 g/mol. The van der Waals surface area contributed by atoms with Crippen molar-refractivity contribution in [3.63, 3.8) is 0 Å². The standard InChI is InChI=1S/C20H28N4O2S/c1-13(2)15(5)21-19(25)17-12-27-18(23-17)11-24(14(3)4)20(26)22-16-9-7-6-8-10-16/h6-10,12-15H,11H2,1-5H3,(H,21,25)(H,22,26). The van der Waals surface area contributed by atoms with Gasteiger partial charge in [-0.2, -0.15) is 0 Å². The first-order valence-electron chi connectivity index (χ1n) is 9.15. The van der Waals surface area contributed by atoms with Crippen LogP contribution >= 0.6 is 11.3 Å². The molecule has 1 aromatic carbocycles. The van der Waals surface area contributed by atoms with Crippen molar-refractivity contribution in [1.29, 1.82) is 0 Å². The maximum Gasteiger partial charge on any atom is 0.322 e. The van der Waals surface area contributed by atoms with Crippen molar-refractivity contribution < 1.29 is 9.59 Å². The number of nitrogens with zero attached hydrogens (tertiary/aromatic N) is 2. The molecule has 2 N–H and O–H groups in total. The van der Waals surface area contributed by atoms with Gasteiger partial charge in [-0.15, -0.1) is 11.3 Å². The van der Waals surface area contributed by atoms with Crippen molar-refractivity contribution in [2.45, 2.75) is 53.2 Å². The molecule has 0 radical (unpaired) electrons. The Morgan fingerprint density at radius 3 is 2.37 bits per heavy atom. The number of benzene rings is 1. The average molecular weight is 389 g/mol. The van der Waals surface area contributed by atoms with Gasteiger partial charge in [0.2, 0.25) is 0 Å². The molecule has 0 saturated heterocycles. The van der Waals surface area contributed by atoms with Crippen LogP contribution in [0, 0.1) is 5.92 Å². The third-order valence-corrected chi connectivity index (χ3v) is 5.19. The average Bonchev–Trinajstić information content (AvgIpc) is 3.09. The van der Waals surface area contributed by atoms with E-state index >= 15 is 0 Å². The molecule has 1 heterocycles. The van der Waals surface area contributed by atoms with Gasteiger partial charge < -0.3 is 15.5 Å². The number of rotatable bonds is 7. The Bertz CT molecular complexity index is 758. The van der Waals surface area contributed by atoms with Crippen molar-refractivity contribution in [2.24, 2.45) is 5.92 Å². The van der Waals surface area contributed by atoms with Crippen molar-refractivity contribution in [3.8, 4) is 0 Å². The van der Waals surface area contributed by atoms with E-state index in [0.717, 1.165) is 10.7 Å². The third kappa shape index (κ3) is 6.06. The smallest absolute Gasteiger partial charge is 0.322 e. The molecule has 0 aliphatic rings. The molecule has 2 rings (SSSR count). The Hall–Kier alpha value is -2.41. The Labute approximate surface area is 165 Å². The Morgan fingerprint density at radius 1 is 1.11 bits per heavy atom. The summed E-state index contributed by atoms with van der Waals surface area (Å²) in [6.07, 6.45) is 0. The van der Waals surface area contributed by atoms with E-state index in [9.17, 15) is 9.59 Å². The zero-order valence-corrected chi connectivity index (χ0v) is 17.3. The highest BCUT2D eigenvalue weighted by Gasteiger charge is 2.21. The molecule has 146 valence electrons. The van der Waals surface area contributed by atoms with Crippen LogP contribution in [-0.2, 0) is 6.54 Å². The molecule has 27 heavy (non-hydrogen) atoms. The normalized spacial score (nSPS) is 12.1. The Kier molecular flexibility index (Phi) is 7.36. The van der Waals surface area contributed by atoms with Gasteiger partial charge in [0.25, 0.3) is 5.91 Å². The summed E-state index contributed by atoms with van der Waals surface area (Å²) < 4.78 is 0. The first-order valence-corrected chi connectivity index (χ1v) is 10.0. The van der Waals surface area contributed by atoms with Crippen LogP contribution in [-0.4, -0.2) is 33.9 Å². The topological polar surface area (TPSA) is 74.3 Å². The summed E-state index contributed by atoms with van der Waals surface area (Å²) in [4.78, 5) is 31.1. The Balaban J connectivity index is 2.03. The lowest BCUT2D eigenvalue weighted by Gasteiger charge is -2.26. The van der Waals surface area contributed by atoms with Crippen molar-refractivity contribution in [2.75, 3.05) is 5.32 Å². The molecular weight excluding hydrogens is 360 g/mol. The molecule has 0 aliphatic carbocycles. The maximum atomic E-state index is 12.6. The highest BCUT2D eigenvalue weighted by atomic mass is 32.1. The van der Waals surface area contributed by atoms with Crippen LogP contribution in [0.15, 0.2) is 35.7 Å². The molecule has 0 saturated carbocycles. The van der Waals surface area contributed by atoms with Crippen LogP contribution in [0.3, 0.4) is 0 Å². The number of para-hydroxylation sites is 1. The minimum Gasteiger partial charge on any atom is -0.348 e. The van der Waals surface area contributed by atoms with Gasteiger partial charge in [0.05, 0.1) is 6.54 Å². The van der Waals surface area contributed by atoms with E-state index in [0.29, 0.717) is 18.2 Å². The molecule has 0 fully saturated rings. The van der Waals surface area contributed by atoms with Crippen LogP contribution in [0.1, 0.15) is 50.1 Å². The summed E-state index contributed by atoms with van der Waals surface area (Å²) in [5.74, 6) is 0.175. The quantitative estimate of drug-likeness (QED) is 0.740. The summed E-state index contributed by atoms with van der Waals surface area (Å²) >= 11 is 1.39. The number of amides is 3. The second-order valence-corrected chi connectivity index (χ2v) is 8.09. The molecule has 1 atom stereocenters. The second kappa shape index (κ2) is 9.50. The second-order valence-electron chi connectivity index (χ2n) is 7.15. The predicted octanol–water partition coefficient (Wildman–Crippen LogP) is 4.36. The third-order valence-electron chi connectivity index (χ3n) is 4.36. The van der Waals surface area contributed by atoms with Crippen molar-refractivity contribution in [3.05, 3.63) is 46.4 Å². The van der Waals surface area contributed by atoms with E-state index in [1.807, 2.05) is 51.1 Å². The van der Waals surface area contributed by atoms with Gasteiger partial charge in [0.15, 0.2) is 0 Å². The first kappa shape index (κ1) is 20.9. The molecule has 0 bridgehead atoms. The molecule has 0 spiro atoms. The number of hydrogen-bond acceptors (Lipinski definition) is 4. The van der Waals surface area contributed by atoms with Gasteiger partial charge in [-0.1, -0.05) is 32.0 Å². The molecular formula is C20H28N4O2S. The van der Waals surface area contributed by atoms with E-state index in [1.54, 1.807) is 10.3 Å². The number of nitrogens with one attached hydrogen (secondary N) is 2. The number of hydrogen-bond donors (Lipinski definition) is 2. The fourth-order valence-corrected chi connectivity index (χ4v) is 3.06. The van der Waals surface area contributed by atoms with Crippen molar-refractivity contribution in [1.82, 2.24) is 15.2 Å². The summed E-state index contributed by atoms with van der Waals surface area (Å²) in [6, 6.07) is 9.22. The largest absolute Gasteiger partial charge is 0.348 e. The fraction of sp³-hybridized carbons (Fsp3) is 0.450. The van der Waals surface area contributed by atoms with Crippen LogP contribution in [0.25, 0.3) is 0 Å². The number of thiazole rings is 1. The van der Waals surface area contributed by atoms with Gasteiger partial charge >= 0.3 is 6.03 Å². The number of aromatic nitrogens is 1. The van der Waals surface area contributed by atoms with Crippen molar-refractivity contribution >= 4 is 29.0 Å². The lowest BCUT2D eigenvalue weighted by atomic mass is 10.1. The minimum absolute atomic E-state index is 0.00384. The molecule has 7 heteroatoms. The van der Waals surface area contributed by atoms with Crippen LogP contribution in [0.4, 0.5) is 10.5 Å². The van der Waals surface area contributed by atoms with Gasteiger partial charge in [-0.3, -0.25) is 4.79 Å². The fourth-order valence-electron chi connectivity index (χ4n) is 2.29. The maximum absolute atomic E-state index is 12.6. The van der Waals surface area contributed by atoms with Gasteiger partial charge in [0.1, 0.15) is 10.7 Å². The highest BCUT2D eigenvalue weighted by molar-refractivity contribution is 7.09. The van der Waals surface area contributed by atoms with E-state index in [4.69, 9.17) is 0 Å². The Morgan fingerprint density at radius 2 is 1.78 bits per heavy atom. The van der Waals surface area contributed by atoms with E-state index in [2.05, 4.69) is 29.5 Å². The molecule has 3 amide bonds. The zero-order valence-electron chi connectivity index (χ0n) is 16.5. The summed E-state index contributed by atoms with van der Waals surface area (Å²) in [7, 11) is 0. The molecule has 1 aromatic heterocycles. The minimum atomic E-state index is -0.189. The van der Waals surface area contributed by atoms with Crippen LogP contribution in [0.2, 0.25) is 0 Å². The SMILES string of the molecule is CC(C)C(C)NC(=O)c1csc(CN(C(=O)Nc2ccccc2)C(C)C)n1. The van der Waals surface area contributed by atoms with E-state index in [-0.39, 0.29) is 24.0 Å². The number of urea groups is 1. The van der Waals surface area contributed by atoms with Gasteiger partial charge in [0, 0.05) is 23.2 Å². The molecule has 0 aliphatic heterocycles. The van der Waals surface area contributed by atoms with E-state index < -0.39 is 0 Å². The zero-order chi connectivity index (χ0) is 20.0. The van der Waals surface area contributed by atoms with Crippen LogP contribution < -0.4 is 10.6 Å². The van der Waals surface area contributed by atoms with Gasteiger partial charge in [-0.05, 0) is 38.8 Å². The summed E-state index contributed by atoms with van der Waals surface area (Å²) in [5, 5.41) is 8.32. The lowest BCUT2D eigenvalue weighted by molar-refractivity contribution is 0.0926. The number of anilines is 1. The number of carbonyl (C=O) groups excluding carboxylic acids is 2. The molecule has 1 unspecified atom stereocenters. The van der Waals surface area contributed by atoms with Gasteiger partial charge in [-0.25, -0.2) is 9.78 Å². The predicted molar refractivity (Wildman–Crippen MR) is 110 cm³/mol. The first-order chi connectivity index (χ1) is 12.8.